The second-order valence-electron chi connectivity index (χ2n) is 9.84. The Hall–Kier alpha value is -2.62. The topological polar surface area (TPSA) is 102 Å². The maximum Gasteiger partial charge on any atom is 0.333 e. The first-order chi connectivity index (χ1) is 15.9. The van der Waals surface area contributed by atoms with E-state index >= 15 is 0 Å². The highest BCUT2D eigenvalue weighted by Crippen LogP contribution is 2.44. The molecule has 0 atom stereocenters. The van der Waals surface area contributed by atoms with E-state index in [9.17, 15) is 17.6 Å². The lowest BCUT2D eigenvalue weighted by molar-refractivity contribution is 0.0717. The molecule has 1 aliphatic heterocycles. The van der Waals surface area contributed by atoms with Crippen molar-refractivity contribution in [2.24, 2.45) is 5.41 Å². The summed E-state index contributed by atoms with van der Waals surface area (Å²) in [5.41, 5.74) is 3.53. The number of nitrogens with one attached hydrogen (secondary N) is 2. The summed E-state index contributed by atoms with van der Waals surface area (Å²) in [5, 5.41) is 6.98. The summed E-state index contributed by atoms with van der Waals surface area (Å²) in [4.78, 5) is 12.7. The van der Waals surface area contributed by atoms with Gasteiger partial charge in [-0.05, 0) is 73.6 Å². The number of fused-ring (bicyclic) bond motifs is 3. The molecule has 33 heavy (non-hydrogen) atoms. The Morgan fingerprint density at radius 3 is 2.33 bits per heavy atom. The Morgan fingerprint density at radius 1 is 1.03 bits per heavy atom. The standard InChI is InChI=1S/C23H27FN4O4S/c24-19-14-5-3-7-16(14)20(17-8-4-6-15(17)19)26-22(29)27-33(30,31)18-11-25-28-12-23(9-1-2-10-23)13-32-21(18)28/h11H,1-10,12-13H2,(H2,26,27,29). The van der Waals surface area contributed by atoms with Crippen molar-refractivity contribution in [1.29, 1.82) is 0 Å². The number of hydrogen-bond acceptors (Lipinski definition) is 5. The molecule has 0 saturated heterocycles. The fraction of sp³-hybridized carbons (Fsp3) is 0.565. The van der Waals surface area contributed by atoms with Crippen LogP contribution in [0, 0.1) is 11.2 Å². The molecule has 1 aromatic carbocycles. The Morgan fingerprint density at radius 2 is 1.67 bits per heavy atom. The van der Waals surface area contributed by atoms with Crippen LogP contribution < -0.4 is 14.8 Å². The van der Waals surface area contributed by atoms with Gasteiger partial charge < -0.3 is 10.1 Å². The molecule has 1 saturated carbocycles. The van der Waals surface area contributed by atoms with E-state index in [1.165, 1.54) is 6.20 Å². The largest absolute Gasteiger partial charge is 0.476 e. The number of aromatic nitrogens is 2. The first-order valence-electron chi connectivity index (χ1n) is 11.7. The molecule has 2 heterocycles. The molecular formula is C23H27FN4O4S. The van der Waals surface area contributed by atoms with E-state index in [0.717, 1.165) is 49.7 Å². The molecule has 1 spiro atoms. The third kappa shape index (κ3) is 3.33. The fourth-order valence-electron chi connectivity index (χ4n) is 6.17. The van der Waals surface area contributed by atoms with Crippen LogP contribution >= 0.6 is 0 Å². The van der Waals surface area contributed by atoms with Crippen LogP contribution in [0.15, 0.2) is 11.1 Å². The van der Waals surface area contributed by atoms with Crippen molar-refractivity contribution in [3.8, 4) is 5.88 Å². The molecule has 6 rings (SSSR count). The zero-order valence-corrected chi connectivity index (χ0v) is 19.2. The van der Waals surface area contributed by atoms with Gasteiger partial charge in [0.2, 0.25) is 5.88 Å². The number of anilines is 1. The van der Waals surface area contributed by atoms with Gasteiger partial charge in [0.05, 0.1) is 19.3 Å². The van der Waals surface area contributed by atoms with Crippen LogP contribution in [0.2, 0.25) is 0 Å². The summed E-state index contributed by atoms with van der Waals surface area (Å²) < 4.78 is 50.5. The van der Waals surface area contributed by atoms with E-state index in [1.807, 2.05) is 0 Å². The van der Waals surface area contributed by atoms with Crippen LogP contribution in [-0.2, 0) is 42.3 Å². The average Bonchev–Trinajstić information content (AvgIpc) is 3.57. The minimum atomic E-state index is -4.19. The highest BCUT2D eigenvalue weighted by atomic mass is 32.2. The highest BCUT2D eigenvalue weighted by Gasteiger charge is 2.41. The van der Waals surface area contributed by atoms with Crippen molar-refractivity contribution in [3.05, 3.63) is 34.3 Å². The molecule has 1 aromatic heterocycles. The van der Waals surface area contributed by atoms with Gasteiger partial charge in [-0.25, -0.2) is 27.0 Å². The van der Waals surface area contributed by atoms with E-state index in [1.54, 1.807) is 4.68 Å². The molecule has 2 amide bonds. The third-order valence-corrected chi connectivity index (χ3v) is 9.06. The van der Waals surface area contributed by atoms with Crippen LogP contribution in [0.5, 0.6) is 5.88 Å². The van der Waals surface area contributed by atoms with E-state index in [4.69, 9.17) is 4.74 Å². The maximum atomic E-state index is 14.9. The van der Waals surface area contributed by atoms with Crippen LogP contribution in [0.3, 0.4) is 0 Å². The Bertz CT molecular complexity index is 1230. The monoisotopic (exact) mass is 474 g/mol. The Labute approximate surface area is 191 Å². The summed E-state index contributed by atoms with van der Waals surface area (Å²) >= 11 is 0. The first kappa shape index (κ1) is 20.9. The van der Waals surface area contributed by atoms with Gasteiger partial charge in [0.15, 0.2) is 4.90 Å². The van der Waals surface area contributed by atoms with Gasteiger partial charge in [-0.2, -0.15) is 5.10 Å². The van der Waals surface area contributed by atoms with Gasteiger partial charge >= 0.3 is 6.03 Å². The van der Waals surface area contributed by atoms with Gasteiger partial charge in [-0.3, -0.25) is 0 Å². The van der Waals surface area contributed by atoms with Gasteiger partial charge in [0.1, 0.15) is 5.82 Å². The number of amides is 2. The Balaban J connectivity index is 1.25. The van der Waals surface area contributed by atoms with E-state index in [-0.39, 0.29) is 22.0 Å². The van der Waals surface area contributed by atoms with E-state index in [0.29, 0.717) is 55.6 Å². The second kappa shape index (κ2) is 7.44. The van der Waals surface area contributed by atoms with Crippen LogP contribution in [0.25, 0.3) is 0 Å². The third-order valence-electron chi connectivity index (χ3n) is 7.75. The van der Waals surface area contributed by atoms with Crippen LogP contribution in [-0.4, -0.2) is 30.8 Å². The number of urea groups is 1. The molecule has 0 bridgehead atoms. The van der Waals surface area contributed by atoms with Crippen LogP contribution in [0.1, 0.15) is 60.8 Å². The average molecular weight is 475 g/mol. The molecule has 1 fully saturated rings. The Kier molecular flexibility index (Phi) is 4.73. The molecule has 10 heteroatoms. The first-order valence-corrected chi connectivity index (χ1v) is 13.2. The number of sulfonamides is 1. The fourth-order valence-corrected chi connectivity index (χ4v) is 7.15. The minimum Gasteiger partial charge on any atom is -0.476 e. The van der Waals surface area contributed by atoms with Crippen molar-refractivity contribution in [1.82, 2.24) is 14.5 Å². The maximum absolute atomic E-state index is 14.9. The number of ether oxygens (including phenoxy) is 1. The highest BCUT2D eigenvalue weighted by molar-refractivity contribution is 7.90. The minimum absolute atomic E-state index is 0.0220. The van der Waals surface area contributed by atoms with Crippen molar-refractivity contribution in [2.75, 3.05) is 11.9 Å². The van der Waals surface area contributed by atoms with Gasteiger partial charge in [-0.1, -0.05) is 12.8 Å². The van der Waals surface area contributed by atoms with Crippen molar-refractivity contribution < 1.29 is 22.3 Å². The molecule has 3 aliphatic carbocycles. The van der Waals surface area contributed by atoms with Crippen molar-refractivity contribution >= 4 is 21.7 Å². The second-order valence-corrected chi connectivity index (χ2v) is 11.5. The predicted molar refractivity (Wildman–Crippen MR) is 118 cm³/mol. The molecule has 2 N–H and O–H groups in total. The van der Waals surface area contributed by atoms with Gasteiger partial charge in [0.25, 0.3) is 10.0 Å². The lowest BCUT2D eigenvalue weighted by atomic mass is 9.86. The summed E-state index contributed by atoms with van der Waals surface area (Å²) in [5.74, 6) is 0.0358. The molecule has 0 unspecified atom stereocenters. The van der Waals surface area contributed by atoms with E-state index < -0.39 is 16.1 Å². The zero-order chi connectivity index (χ0) is 22.8. The predicted octanol–water partition coefficient (Wildman–Crippen LogP) is 3.46. The number of nitrogens with zero attached hydrogens (tertiary/aromatic N) is 2. The zero-order valence-electron chi connectivity index (χ0n) is 18.4. The number of benzene rings is 1. The van der Waals surface area contributed by atoms with Crippen molar-refractivity contribution in [2.45, 2.75) is 75.6 Å². The molecule has 0 radical (unpaired) electrons. The lowest BCUT2D eigenvalue weighted by Gasteiger charge is -2.33. The number of carbonyl (C=O) groups is 1. The molecule has 8 nitrogen and oxygen atoms in total. The molecular weight excluding hydrogens is 447 g/mol. The van der Waals surface area contributed by atoms with Crippen LogP contribution in [0.4, 0.5) is 14.9 Å². The smallest absolute Gasteiger partial charge is 0.333 e. The number of rotatable bonds is 3. The number of carbonyl (C=O) groups excluding carboxylic acids is 1. The molecule has 2 aromatic rings. The molecule has 4 aliphatic rings. The number of halogens is 1. The molecule has 176 valence electrons. The lowest BCUT2D eigenvalue weighted by Crippen LogP contribution is -2.38. The SMILES string of the molecule is O=C(Nc1c2c(c(F)c3c1CCC3)CCC2)NS(=O)(=O)c1cnn2c1OCC1(CCCC1)C2. The quantitative estimate of drug-likeness (QED) is 0.709. The summed E-state index contributed by atoms with van der Waals surface area (Å²) in [6.07, 6.45) is 9.90. The van der Waals surface area contributed by atoms with Gasteiger partial charge in [0, 0.05) is 11.1 Å². The summed E-state index contributed by atoms with van der Waals surface area (Å²) in [7, 11) is -4.19. The normalized spacial score (nSPS) is 20.3. The van der Waals surface area contributed by atoms with Gasteiger partial charge in [-0.15, -0.1) is 0 Å². The number of hydrogen-bond donors (Lipinski definition) is 2. The summed E-state index contributed by atoms with van der Waals surface area (Å²) in [6.45, 7) is 1.08. The van der Waals surface area contributed by atoms with Crippen molar-refractivity contribution in [3.63, 3.8) is 0 Å². The summed E-state index contributed by atoms with van der Waals surface area (Å²) in [6, 6.07) is -0.854. The van der Waals surface area contributed by atoms with E-state index in [2.05, 4.69) is 15.1 Å².